The van der Waals surface area contributed by atoms with Gasteiger partial charge in [-0.3, -0.25) is 9.59 Å². The van der Waals surface area contributed by atoms with Crippen molar-refractivity contribution >= 4 is 16.9 Å². The Bertz CT molecular complexity index is 1000. The Morgan fingerprint density at radius 1 is 1.04 bits per heavy atom. The lowest BCUT2D eigenvalue weighted by molar-refractivity contribution is 0.0771. The van der Waals surface area contributed by atoms with Gasteiger partial charge in [0.25, 0.3) is 5.91 Å². The fourth-order valence-corrected chi connectivity index (χ4v) is 3.21. The number of fused-ring (bicyclic) bond motifs is 2. The number of para-hydroxylation sites is 1. The van der Waals surface area contributed by atoms with Crippen LogP contribution in [0.25, 0.3) is 11.0 Å². The predicted molar refractivity (Wildman–Crippen MR) is 89.4 cm³/mol. The Morgan fingerprint density at radius 3 is 2.46 bits per heavy atom. The van der Waals surface area contributed by atoms with E-state index in [0.29, 0.717) is 16.5 Å². The fraction of sp³-hybridized carbons (Fsp3) is 0.158. The number of rotatable bonds is 2. The van der Waals surface area contributed by atoms with Crippen molar-refractivity contribution in [3.8, 4) is 5.75 Å². The van der Waals surface area contributed by atoms with E-state index in [0.717, 1.165) is 11.3 Å². The molecule has 24 heavy (non-hydrogen) atoms. The van der Waals surface area contributed by atoms with Gasteiger partial charge in [0, 0.05) is 7.05 Å². The molecule has 0 saturated carbocycles. The number of amides is 1. The third-order valence-corrected chi connectivity index (χ3v) is 4.44. The van der Waals surface area contributed by atoms with E-state index >= 15 is 0 Å². The molecule has 0 spiro atoms. The minimum atomic E-state index is -0.459. The molecule has 1 amide bonds. The molecule has 2 heterocycles. The van der Waals surface area contributed by atoms with Gasteiger partial charge in [-0.1, -0.05) is 24.3 Å². The second-order valence-electron chi connectivity index (χ2n) is 5.76. The third-order valence-electron chi connectivity index (χ3n) is 4.44. The monoisotopic (exact) mass is 321 g/mol. The minimum Gasteiger partial charge on any atom is -0.497 e. The quantitative estimate of drug-likeness (QED) is 0.728. The van der Waals surface area contributed by atoms with Crippen molar-refractivity contribution in [1.82, 2.24) is 4.90 Å². The number of nitrogens with zero attached hydrogens (tertiary/aromatic N) is 1. The Balaban J connectivity index is 1.97. The average Bonchev–Trinajstić information content (AvgIpc) is 2.87. The highest BCUT2D eigenvalue weighted by atomic mass is 16.5. The zero-order valence-corrected chi connectivity index (χ0v) is 13.3. The summed E-state index contributed by atoms with van der Waals surface area (Å²) in [5, 5.41) is 0.484. The van der Waals surface area contributed by atoms with E-state index in [-0.39, 0.29) is 17.1 Å². The molecule has 5 nitrogen and oxygen atoms in total. The molecule has 1 atom stereocenters. The highest BCUT2D eigenvalue weighted by molar-refractivity contribution is 5.98. The molecular weight excluding hydrogens is 306 g/mol. The molecule has 2 aromatic carbocycles. The largest absolute Gasteiger partial charge is 0.497 e. The van der Waals surface area contributed by atoms with E-state index < -0.39 is 6.04 Å². The van der Waals surface area contributed by atoms with Gasteiger partial charge >= 0.3 is 0 Å². The molecule has 0 N–H and O–H groups in total. The minimum absolute atomic E-state index is 0.127. The molecule has 3 aromatic rings. The fourth-order valence-electron chi connectivity index (χ4n) is 3.21. The number of carbonyl (C=O) groups excluding carboxylic acids is 1. The van der Waals surface area contributed by atoms with Gasteiger partial charge in [0.2, 0.25) is 5.76 Å². The van der Waals surface area contributed by atoms with Crippen LogP contribution >= 0.6 is 0 Å². The standard InChI is InChI=1S/C19H15NO4/c1-20-16(11-7-9-12(23-2)10-8-11)15-17(21)13-5-3-4-6-14(13)24-18(15)19(20)22/h3-10,16H,1-2H3. The van der Waals surface area contributed by atoms with Crippen LogP contribution in [0.3, 0.4) is 0 Å². The SMILES string of the molecule is COc1ccc(C2c3c(oc4ccccc4c3=O)C(=O)N2C)cc1. The summed E-state index contributed by atoms with van der Waals surface area (Å²) >= 11 is 0. The Labute approximate surface area is 138 Å². The van der Waals surface area contributed by atoms with Crippen LogP contribution in [-0.2, 0) is 0 Å². The Hall–Kier alpha value is -3.08. The van der Waals surface area contributed by atoms with Gasteiger partial charge in [0.15, 0.2) is 5.43 Å². The number of methoxy groups -OCH3 is 1. The average molecular weight is 321 g/mol. The summed E-state index contributed by atoms with van der Waals surface area (Å²) in [7, 11) is 3.27. The van der Waals surface area contributed by atoms with E-state index in [9.17, 15) is 9.59 Å². The van der Waals surface area contributed by atoms with Gasteiger partial charge in [-0.15, -0.1) is 0 Å². The zero-order chi connectivity index (χ0) is 16.8. The maximum atomic E-state index is 13.0. The molecule has 0 saturated heterocycles. The number of ether oxygens (including phenoxy) is 1. The topological polar surface area (TPSA) is 59.8 Å². The van der Waals surface area contributed by atoms with Gasteiger partial charge in [-0.2, -0.15) is 0 Å². The van der Waals surface area contributed by atoms with Crippen molar-refractivity contribution in [1.29, 1.82) is 0 Å². The van der Waals surface area contributed by atoms with Gasteiger partial charge in [-0.25, -0.2) is 0 Å². The van der Waals surface area contributed by atoms with Crippen LogP contribution < -0.4 is 10.2 Å². The molecule has 4 rings (SSSR count). The Morgan fingerprint density at radius 2 is 1.75 bits per heavy atom. The molecule has 0 radical (unpaired) electrons. The smallest absolute Gasteiger partial charge is 0.290 e. The van der Waals surface area contributed by atoms with E-state index in [2.05, 4.69) is 0 Å². The predicted octanol–water partition coefficient (Wildman–Crippen LogP) is 2.98. The lowest BCUT2D eigenvalue weighted by atomic mass is 9.99. The van der Waals surface area contributed by atoms with E-state index in [1.807, 2.05) is 24.3 Å². The van der Waals surface area contributed by atoms with Crippen molar-refractivity contribution in [3.63, 3.8) is 0 Å². The van der Waals surface area contributed by atoms with Crippen molar-refractivity contribution < 1.29 is 13.9 Å². The molecule has 0 aliphatic carbocycles. The molecule has 120 valence electrons. The summed E-state index contributed by atoms with van der Waals surface area (Å²) in [6.07, 6.45) is 0. The maximum Gasteiger partial charge on any atom is 0.290 e. The highest BCUT2D eigenvalue weighted by Gasteiger charge is 2.40. The molecule has 1 aliphatic rings. The summed E-state index contributed by atoms with van der Waals surface area (Å²) < 4.78 is 10.9. The van der Waals surface area contributed by atoms with Gasteiger partial charge in [-0.05, 0) is 29.8 Å². The third kappa shape index (κ3) is 1.94. The number of hydrogen-bond donors (Lipinski definition) is 0. The van der Waals surface area contributed by atoms with E-state index in [4.69, 9.17) is 9.15 Å². The van der Waals surface area contributed by atoms with Gasteiger partial charge < -0.3 is 14.1 Å². The molecule has 1 aromatic heterocycles. The first-order valence-corrected chi connectivity index (χ1v) is 7.58. The van der Waals surface area contributed by atoms with Crippen LogP contribution in [0.5, 0.6) is 5.75 Å². The zero-order valence-electron chi connectivity index (χ0n) is 13.3. The second-order valence-corrected chi connectivity index (χ2v) is 5.76. The summed E-state index contributed by atoms with van der Waals surface area (Å²) in [5.74, 6) is 0.562. The van der Waals surface area contributed by atoms with Crippen LogP contribution in [0.2, 0.25) is 0 Å². The summed E-state index contributed by atoms with van der Waals surface area (Å²) in [6.45, 7) is 0. The lowest BCUT2D eigenvalue weighted by Gasteiger charge is -2.20. The van der Waals surface area contributed by atoms with Crippen LogP contribution in [0, 0.1) is 0 Å². The first kappa shape index (κ1) is 14.5. The summed E-state index contributed by atoms with van der Waals surface area (Å²) in [5.41, 5.74) is 1.50. The van der Waals surface area contributed by atoms with Crippen molar-refractivity contribution in [3.05, 3.63) is 75.6 Å². The highest BCUT2D eigenvalue weighted by Crippen LogP contribution is 2.37. The molecule has 5 heteroatoms. The van der Waals surface area contributed by atoms with Crippen LogP contribution in [0.4, 0.5) is 0 Å². The molecule has 0 bridgehead atoms. The summed E-state index contributed by atoms with van der Waals surface area (Å²) in [4.78, 5) is 27.1. The number of carbonyl (C=O) groups is 1. The van der Waals surface area contributed by atoms with E-state index in [1.54, 1.807) is 38.4 Å². The molecule has 1 aliphatic heterocycles. The second kappa shape index (κ2) is 5.23. The molecule has 0 fully saturated rings. The van der Waals surface area contributed by atoms with Crippen LogP contribution in [-0.4, -0.2) is 25.0 Å². The maximum absolute atomic E-state index is 13.0. The van der Waals surface area contributed by atoms with Crippen molar-refractivity contribution in [2.75, 3.05) is 14.2 Å². The van der Waals surface area contributed by atoms with Crippen LogP contribution in [0.15, 0.2) is 57.7 Å². The molecule has 1 unspecified atom stereocenters. The number of benzene rings is 2. The Kier molecular flexibility index (Phi) is 3.16. The normalized spacial score (nSPS) is 16.5. The van der Waals surface area contributed by atoms with Crippen LogP contribution in [0.1, 0.15) is 27.7 Å². The summed E-state index contributed by atoms with van der Waals surface area (Å²) in [6, 6.07) is 13.9. The molecular formula is C19H15NO4. The van der Waals surface area contributed by atoms with Crippen molar-refractivity contribution in [2.24, 2.45) is 0 Å². The van der Waals surface area contributed by atoms with Gasteiger partial charge in [0.1, 0.15) is 11.3 Å². The van der Waals surface area contributed by atoms with Crippen molar-refractivity contribution in [2.45, 2.75) is 6.04 Å². The van der Waals surface area contributed by atoms with E-state index in [1.165, 1.54) is 4.90 Å². The lowest BCUT2D eigenvalue weighted by Crippen LogP contribution is -2.25. The first-order chi connectivity index (χ1) is 11.6. The van der Waals surface area contributed by atoms with Gasteiger partial charge in [0.05, 0.1) is 24.1 Å². The number of hydrogen-bond acceptors (Lipinski definition) is 4. The first-order valence-electron chi connectivity index (χ1n) is 7.58.